The summed E-state index contributed by atoms with van der Waals surface area (Å²) >= 11 is 0. The summed E-state index contributed by atoms with van der Waals surface area (Å²) < 4.78 is 13.1. The summed E-state index contributed by atoms with van der Waals surface area (Å²) in [5.74, 6) is -0.275. The van der Waals surface area contributed by atoms with Gasteiger partial charge in [-0.1, -0.05) is 12.1 Å². The van der Waals surface area contributed by atoms with Crippen molar-refractivity contribution in [2.75, 3.05) is 36.8 Å². The lowest BCUT2D eigenvalue weighted by Crippen LogP contribution is -2.46. The third kappa shape index (κ3) is 3.31. The molecule has 110 valence electrons. The van der Waals surface area contributed by atoms with Gasteiger partial charge in [0.1, 0.15) is 5.82 Å². The van der Waals surface area contributed by atoms with E-state index in [1.807, 2.05) is 18.2 Å². The quantitative estimate of drug-likeness (QED) is 0.878. The van der Waals surface area contributed by atoms with E-state index in [4.69, 9.17) is 5.73 Å². The second-order valence-electron chi connectivity index (χ2n) is 5.33. The maximum atomic E-state index is 13.1. The number of anilines is 2. The Morgan fingerprint density at radius 2 is 1.86 bits per heavy atom. The Morgan fingerprint density at radius 1 is 1.10 bits per heavy atom. The highest BCUT2D eigenvalue weighted by atomic mass is 19.1. The van der Waals surface area contributed by atoms with E-state index in [1.54, 1.807) is 12.3 Å². The molecule has 0 amide bonds. The second-order valence-corrected chi connectivity index (χ2v) is 5.33. The number of nitrogens with zero attached hydrogens (tertiary/aromatic N) is 3. The highest BCUT2D eigenvalue weighted by Gasteiger charge is 2.18. The lowest BCUT2D eigenvalue weighted by atomic mass is 10.2. The van der Waals surface area contributed by atoms with E-state index in [1.165, 1.54) is 6.20 Å². The Balaban J connectivity index is 1.59. The normalized spacial score (nSPS) is 16.1. The first kappa shape index (κ1) is 13.8. The fourth-order valence-electron chi connectivity index (χ4n) is 2.72. The summed E-state index contributed by atoms with van der Waals surface area (Å²) in [6, 6.07) is 9.50. The fraction of sp³-hybridized carbons (Fsp3) is 0.312. The molecule has 1 aromatic heterocycles. The van der Waals surface area contributed by atoms with Gasteiger partial charge in [0.05, 0.1) is 17.6 Å². The van der Waals surface area contributed by atoms with Crippen molar-refractivity contribution in [3.05, 3.63) is 54.1 Å². The molecule has 0 spiro atoms. The molecule has 1 saturated heterocycles. The molecular weight excluding hydrogens is 267 g/mol. The van der Waals surface area contributed by atoms with Gasteiger partial charge in [0.15, 0.2) is 0 Å². The zero-order valence-corrected chi connectivity index (χ0v) is 11.9. The molecule has 0 aliphatic carbocycles. The lowest BCUT2D eigenvalue weighted by Gasteiger charge is -2.36. The summed E-state index contributed by atoms with van der Waals surface area (Å²) in [7, 11) is 0. The smallest absolute Gasteiger partial charge is 0.141 e. The molecule has 0 unspecified atom stereocenters. The van der Waals surface area contributed by atoms with Crippen LogP contribution in [-0.4, -0.2) is 36.1 Å². The second kappa shape index (κ2) is 6.10. The molecule has 1 aliphatic rings. The summed E-state index contributed by atoms with van der Waals surface area (Å²) in [5, 5.41) is 0. The molecule has 5 heteroatoms. The Hall–Kier alpha value is -2.14. The van der Waals surface area contributed by atoms with Crippen molar-refractivity contribution in [2.45, 2.75) is 6.54 Å². The predicted molar refractivity (Wildman–Crippen MR) is 82.5 cm³/mol. The van der Waals surface area contributed by atoms with Gasteiger partial charge in [0.25, 0.3) is 0 Å². The van der Waals surface area contributed by atoms with Crippen LogP contribution in [0.4, 0.5) is 15.8 Å². The number of halogens is 1. The minimum absolute atomic E-state index is 0.275. The van der Waals surface area contributed by atoms with Gasteiger partial charge in [0.2, 0.25) is 0 Å². The van der Waals surface area contributed by atoms with Crippen molar-refractivity contribution in [3.8, 4) is 0 Å². The van der Waals surface area contributed by atoms with Crippen molar-refractivity contribution in [2.24, 2.45) is 0 Å². The van der Waals surface area contributed by atoms with Crippen LogP contribution in [0.3, 0.4) is 0 Å². The van der Waals surface area contributed by atoms with E-state index in [-0.39, 0.29) is 5.82 Å². The largest absolute Gasteiger partial charge is 0.397 e. The molecule has 21 heavy (non-hydrogen) atoms. The van der Waals surface area contributed by atoms with Crippen LogP contribution in [0.5, 0.6) is 0 Å². The average Bonchev–Trinajstić information content (AvgIpc) is 2.49. The number of aromatic nitrogens is 1. The molecule has 4 nitrogen and oxygen atoms in total. The number of benzene rings is 1. The van der Waals surface area contributed by atoms with E-state index in [0.29, 0.717) is 0 Å². The standard InChI is InChI=1S/C16H19FN4/c17-14-9-13(10-19-11-14)12-20-5-7-21(8-6-20)16-4-2-1-3-15(16)18/h1-4,9-11H,5-8,12,18H2. The summed E-state index contributed by atoms with van der Waals surface area (Å²) in [5.41, 5.74) is 8.86. The van der Waals surface area contributed by atoms with Gasteiger partial charge >= 0.3 is 0 Å². The van der Waals surface area contributed by atoms with Gasteiger partial charge in [0, 0.05) is 38.9 Å². The van der Waals surface area contributed by atoms with E-state index in [2.05, 4.69) is 20.9 Å². The van der Waals surface area contributed by atoms with Crippen LogP contribution < -0.4 is 10.6 Å². The maximum absolute atomic E-state index is 13.1. The fourth-order valence-corrected chi connectivity index (χ4v) is 2.72. The topological polar surface area (TPSA) is 45.4 Å². The maximum Gasteiger partial charge on any atom is 0.141 e. The van der Waals surface area contributed by atoms with Crippen molar-refractivity contribution in [1.29, 1.82) is 0 Å². The summed E-state index contributed by atoms with van der Waals surface area (Å²) in [6.07, 6.45) is 2.96. The molecule has 0 saturated carbocycles. The molecule has 2 heterocycles. The number of hydrogen-bond donors (Lipinski definition) is 1. The van der Waals surface area contributed by atoms with Crippen LogP contribution in [0.25, 0.3) is 0 Å². The van der Waals surface area contributed by atoms with Crippen molar-refractivity contribution >= 4 is 11.4 Å². The van der Waals surface area contributed by atoms with Crippen LogP contribution in [0, 0.1) is 5.82 Å². The number of nitrogen functional groups attached to an aromatic ring is 1. The minimum atomic E-state index is -0.275. The van der Waals surface area contributed by atoms with Crippen LogP contribution in [0.1, 0.15) is 5.56 Å². The molecule has 0 radical (unpaired) electrons. The van der Waals surface area contributed by atoms with Gasteiger partial charge in [-0.3, -0.25) is 9.88 Å². The number of nitrogens with two attached hydrogens (primary N) is 1. The zero-order chi connectivity index (χ0) is 14.7. The predicted octanol–water partition coefficient (Wildman–Crippen LogP) is 2.13. The first-order valence-electron chi connectivity index (χ1n) is 7.13. The SMILES string of the molecule is Nc1ccccc1N1CCN(Cc2cncc(F)c2)CC1. The van der Waals surface area contributed by atoms with E-state index in [0.717, 1.165) is 49.7 Å². The third-order valence-corrected chi connectivity index (χ3v) is 3.82. The Morgan fingerprint density at radius 3 is 2.57 bits per heavy atom. The average molecular weight is 286 g/mol. The van der Waals surface area contributed by atoms with E-state index >= 15 is 0 Å². The van der Waals surface area contributed by atoms with Crippen LogP contribution in [-0.2, 0) is 6.54 Å². The van der Waals surface area contributed by atoms with E-state index < -0.39 is 0 Å². The van der Waals surface area contributed by atoms with Gasteiger partial charge < -0.3 is 10.6 Å². The van der Waals surface area contributed by atoms with E-state index in [9.17, 15) is 4.39 Å². The Bertz CT molecular complexity index is 609. The Kier molecular flexibility index (Phi) is 4.01. The van der Waals surface area contributed by atoms with Gasteiger partial charge in [-0.2, -0.15) is 0 Å². The number of pyridine rings is 1. The van der Waals surface area contributed by atoms with Crippen molar-refractivity contribution in [3.63, 3.8) is 0 Å². The number of rotatable bonds is 3. The summed E-state index contributed by atoms with van der Waals surface area (Å²) in [6.45, 7) is 4.46. The van der Waals surface area contributed by atoms with Gasteiger partial charge in [-0.05, 0) is 23.8 Å². The first-order valence-corrected chi connectivity index (χ1v) is 7.13. The summed E-state index contributed by atoms with van der Waals surface area (Å²) in [4.78, 5) is 8.51. The molecule has 3 rings (SSSR count). The van der Waals surface area contributed by atoms with Gasteiger partial charge in [-0.25, -0.2) is 4.39 Å². The molecule has 2 aromatic rings. The lowest BCUT2D eigenvalue weighted by molar-refractivity contribution is 0.249. The number of para-hydroxylation sites is 2. The van der Waals surface area contributed by atoms with Crippen molar-refractivity contribution in [1.82, 2.24) is 9.88 Å². The first-order chi connectivity index (χ1) is 10.2. The molecule has 1 fully saturated rings. The Labute approximate surface area is 124 Å². The molecule has 2 N–H and O–H groups in total. The minimum Gasteiger partial charge on any atom is -0.397 e. The molecular formula is C16H19FN4. The van der Waals surface area contributed by atoms with Crippen LogP contribution >= 0.6 is 0 Å². The van der Waals surface area contributed by atoms with Gasteiger partial charge in [-0.15, -0.1) is 0 Å². The molecule has 0 bridgehead atoms. The van der Waals surface area contributed by atoms with Crippen molar-refractivity contribution < 1.29 is 4.39 Å². The number of hydrogen-bond acceptors (Lipinski definition) is 4. The number of piperazine rings is 1. The van der Waals surface area contributed by atoms with Crippen LogP contribution in [0.2, 0.25) is 0 Å². The zero-order valence-electron chi connectivity index (χ0n) is 11.9. The molecule has 0 atom stereocenters. The van der Waals surface area contributed by atoms with Crippen LogP contribution in [0.15, 0.2) is 42.7 Å². The third-order valence-electron chi connectivity index (χ3n) is 3.82. The molecule has 1 aliphatic heterocycles. The monoisotopic (exact) mass is 286 g/mol. The molecule has 1 aromatic carbocycles. The highest BCUT2D eigenvalue weighted by molar-refractivity contribution is 5.67. The highest BCUT2D eigenvalue weighted by Crippen LogP contribution is 2.23.